The van der Waals surface area contributed by atoms with Crippen LogP contribution in [0.15, 0.2) is 72.8 Å². The SMILES string of the molecule is N#Cc1ccc(CNC(=O)CN2C(=O)C(NC3CC3)=[N+]=C=C2c2cc(N)cc(C(=O)OCc3ccccc3)c2)cc1. The van der Waals surface area contributed by atoms with Crippen LogP contribution in [0.2, 0.25) is 0 Å². The molecule has 0 saturated heterocycles. The van der Waals surface area contributed by atoms with Gasteiger partial charge < -0.3 is 15.8 Å². The molecule has 1 aliphatic heterocycles. The molecular weight excluding hydrogens is 520 g/mol. The predicted molar refractivity (Wildman–Crippen MR) is 153 cm³/mol. The largest absolute Gasteiger partial charge is 0.457 e. The van der Waals surface area contributed by atoms with E-state index in [0.29, 0.717) is 11.1 Å². The first kappa shape index (κ1) is 27.0. The highest BCUT2D eigenvalue weighted by Crippen LogP contribution is 2.24. The Morgan fingerprint density at radius 1 is 1.07 bits per heavy atom. The second-order valence-electron chi connectivity index (χ2n) is 9.72. The number of anilines is 1. The second-order valence-corrected chi connectivity index (χ2v) is 9.72. The molecule has 2 amide bonds. The number of nitrogen functional groups attached to an aromatic ring is 1. The van der Waals surface area contributed by atoms with Gasteiger partial charge in [-0.05, 0) is 54.3 Å². The van der Waals surface area contributed by atoms with Crippen LogP contribution < -0.4 is 21.0 Å². The van der Waals surface area contributed by atoms with Crippen LogP contribution >= 0.6 is 0 Å². The summed E-state index contributed by atoms with van der Waals surface area (Å²) in [5, 5.41) is 14.9. The summed E-state index contributed by atoms with van der Waals surface area (Å²) in [6.07, 6.45) is 1.86. The average Bonchev–Trinajstić information content (AvgIpc) is 3.81. The van der Waals surface area contributed by atoms with Gasteiger partial charge in [0.2, 0.25) is 11.8 Å². The van der Waals surface area contributed by atoms with Crippen molar-refractivity contribution in [3.05, 3.63) is 101 Å². The van der Waals surface area contributed by atoms with E-state index in [0.717, 1.165) is 24.0 Å². The van der Waals surface area contributed by atoms with Gasteiger partial charge in [0, 0.05) is 17.8 Å². The molecule has 10 heteroatoms. The van der Waals surface area contributed by atoms with Crippen molar-refractivity contribution in [2.24, 2.45) is 0 Å². The first-order chi connectivity index (χ1) is 19.9. The molecule has 0 bridgehead atoms. The van der Waals surface area contributed by atoms with Gasteiger partial charge >= 0.3 is 17.7 Å². The summed E-state index contributed by atoms with van der Waals surface area (Å²) in [6.45, 7) is -0.0131. The second kappa shape index (κ2) is 12.1. The Labute approximate surface area is 236 Å². The fraction of sp³-hybridized carbons (Fsp3) is 0.194. The maximum Gasteiger partial charge on any atom is 0.444 e. The minimum absolute atomic E-state index is 0.0864. The van der Waals surface area contributed by atoms with E-state index in [4.69, 9.17) is 15.7 Å². The number of hydrogen-bond acceptors (Lipinski definition) is 7. The summed E-state index contributed by atoms with van der Waals surface area (Å²) >= 11 is 0. The molecule has 0 unspecified atom stereocenters. The van der Waals surface area contributed by atoms with Crippen LogP contribution in [0, 0.1) is 11.3 Å². The molecule has 0 atom stereocenters. The molecule has 204 valence electrons. The number of carbonyl (C=O) groups is 3. The van der Waals surface area contributed by atoms with E-state index in [-0.39, 0.29) is 48.5 Å². The Morgan fingerprint density at radius 2 is 1.83 bits per heavy atom. The number of nitrogens with two attached hydrogens (primary N) is 1. The van der Waals surface area contributed by atoms with Crippen molar-refractivity contribution in [2.75, 3.05) is 12.3 Å². The number of carbonyl (C=O) groups excluding carboxylic acids is 3. The van der Waals surface area contributed by atoms with E-state index in [2.05, 4.69) is 27.2 Å². The third-order valence-electron chi connectivity index (χ3n) is 6.46. The van der Waals surface area contributed by atoms with Crippen molar-refractivity contribution in [1.82, 2.24) is 20.2 Å². The van der Waals surface area contributed by atoms with Crippen LogP contribution in [0.5, 0.6) is 0 Å². The van der Waals surface area contributed by atoms with Gasteiger partial charge in [0.1, 0.15) is 13.2 Å². The lowest BCUT2D eigenvalue weighted by atomic mass is 10.1. The van der Waals surface area contributed by atoms with Crippen molar-refractivity contribution >= 4 is 40.9 Å². The Kier molecular flexibility index (Phi) is 7.93. The Morgan fingerprint density at radius 3 is 2.54 bits per heavy atom. The lowest BCUT2D eigenvalue weighted by Crippen LogP contribution is -2.49. The van der Waals surface area contributed by atoms with Crippen LogP contribution in [-0.2, 0) is 27.5 Å². The lowest BCUT2D eigenvalue weighted by Gasteiger charge is -2.22. The molecule has 1 saturated carbocycles. The number of rotatable bonds is 9. The van der Waals surface area contributed by atoms with Crippen molar-refractivity contribution in [3.63, 3.8) is 0 Å². The fourth-order valence-corrected chi connectivity index (χ4v) is 4.14. The van der Waals surface area contributed by atoms with Crippen LogP contribution in [0.3, 0.4) is 0 Å². The summed E-state index contributed by atoms with van der Waals surface area (Å²) in [5.74, 6) is 1.48. The van der Waals surface area contributed by atoms with Crippen molar-refractivity contribution < 1.29 is 19.1 Å². The fourth-order valence-electron chi connectivity index (χ4n) is 4.14. The number of amidine groups is 1. The maximum atomic E-state index is 13.5. The summed E-state index contributed by atoms with van der Waals surface area (Å²) in [7, 11) is 0. The van der Waals surface area contributed by atoms with E-state index in [1.54, 1.807) is 30.3 Å². The Balaban J connectivity index is 1.36. The number of amides is 2. The van der Waals surface area contributed by atoms with E-state index in [1.165, 1.54) is 17.0 Å². The van der Waals surface area contributed by atoms with Gasteiger partial charge in [-0.2, -0.15) is 5.26 Å². The Bertz CT molecular complexity index is 1640. The maximum absolute atomic E-state index is 13.5. The van der Waals surface area contributed by atoms with Crippen LogP contribution in [-0.4, -0.2) is 47.0 Å². The molecule has 0 aromatic heterocycles. The Hall–Kier alpha value is -5.61. The topological polar surface area (TPSA) is 152 Å². The van der Waals surface area contributed by atoms with E-state index in [1.807, 2.05) is 30.3 Å². The zero-order valence-electron chi connectivity index (χ0n) is 22.1. The molecule has 41 heavy (non-hydrogen) atoms. The average molecular weight is 548 g/mol. The van der Waals surface area contributed by atoms with Crippen LogP contribution in [0.4, 0.5) is 5.69 Å². The van der Waals surface area contributed by atoms with E-state index >= 15 is 0 Å². The molecule has 1 fully saturated rings. The number of nitrogens with one attached hydrogen (secondary N) is 2. The quantitative estimate of drug-likeness (QED) is 0.210. The van der Waals surface area contributed by atoms with Gasteiger partial charge in [0.05, 0.1) is 23.2 Å². The summed E-state index contributed by atoms with van der Waals surface area (Å²) in [6, 6.07) is 22.9. The summed E-state index contributed by atoms with van der Waals surface area (Å²) < 4.78 is 9.66. The molecule has 3 aromatic rings. The zero-order valence-corrected chi connectivity index (χ0v) is 22.1. The number of hydrogen-bond donors (Lipinski definition) is 3. The molecule has 5 rings (SSSR count). The molecule has 4 N–H and O–H groups in total. The zero-order chi connectivity index (χ0) is 28.8. The number of ether oxygens (including phenoxy) is 1. The van der Waals surface area contributed by atoms with Gasteiger partial charge in [0.25, 0.3) is 0 Å². The first-order valence-electron chi connectivity index (χ1n) is 13.1. The van der Waals surface area contributed by atoms with Gasteiger partial charge in [-0.1, -0.05) is 42.5 Å². The predicted octanol–water partition coefficient (Wildman–Crippen LogP) is 1.88. The minimum atomic E-state index is -0.587. The summed E-state index contributed by atoms with van der Waals surface area (Å²) in [4.78, 5) is 40.6. The van der Waals surface area contributed by atoms with Gasteiger partial charge in [-0.15, -0.1) is 4.67 Å². The number of nitriles is 1. The molecule has 1 aliphatic carbocycles. The van der Waals surface area contributed by atoms with Crippen molar-refractivity contribution in [1.29, 1.82) is 5.26 Å². The van der Waals surface area contributed by atoms with Crippen molar-refractivity contribution in [2.45, 2.75) is 32.0 Å². The number of nitrogens with zero attached hydrogens (tertiary/aromatic N) is 3. The number of benzene rings is 3. The lowest BCUT2D eigenvalue weighted by molar-refractivity contribution is -0.128. The van der Waals surface area contributed by atoms with Gasteiger partial charge in [0.15, 0.2) is 5.70 Å². The molecule has 2 aliphatic rings. The van der Waals surface area contributed by atoms with Gasteiger partial charge in [-0.3, -0.25) is 19.8 Å². The monoisotopic (exact) mass is 547 g/mol. The molecule has 3 aromatic carbocycles. The molecular formula is C31H27N6O4+. The number of esters is 1. The van der Waals surface area contributed by atoms with Gasteiger partial charge in [-0.25, -0.2) is 4.79 Å². The van der Waals surface area contributed by atoms with Crippen LogP contribution in [0.1, 0.15) is 45.5 Å². The third kappa shape index (κ3) is 6.88. The highest BCUT2D eigenvalue weighted by molar-refractivity contribution is 6.41. The third-order valence-corrected chi connectivity index (χ3v) is 6.46. The molecule has 0 spiro atoms. The molecule has 1 heterocycles. The van der Waals surface area contributed by atoms with E-state index in [9.17, 15) is 14.4 Å². The van der Waals surface area contributed by atoms with E-state index < -0.39 is 17.8 Å². The summed E-state index contributed by atoms with van der Waals surface area (Å²) in [5.41, 5.74) is 9.33. The normalized spacial score (nSPS) is 14.0. The molecule has 0 radical (unpaired) electrons. The minimum Gasteiger partial charge on any atom is -0.457 e. The standard InChI is InChI=1S/C31H26N6O4/c32-15-20-6-8-21(9-7-20)16-34-28(38)18-37-27(17-35-29(30(37)39)36-26-10-11-26)23-12-24(14-25(33)13-23)31(40)41-19-22-4-2-1-3-5-22/h1-9,12-14,26H,10-11,16,18-19,33H2,(H,34,38)/p+1. The van der Waals surface area contributed by atoms with Crippen LogP contribution in [0.25, 0.3) is 5.70 Å². The van der Waals surface area contributed by atoms with Crippen molar-refractivity contribution in [3.8, 4) is 6.07 Å². The first-order valence-corrected chi connectivity index (χ1v) is 13.1. The smallest absolute Gasteiger partial charge is 0.444 e. The highest BCUT2D eigenvalue weighted by Gasteiger charge is 2.39. The molecule has 10 nitrogen and oxygen atoms in total. The highest BCUT2D eigenvalue weighted by atomic mass is 16.5.